The van der Waals surface area contributed by atoms with Crippen LogP contribution in [0.5, 0.6) is 34.5 Å². The summed E-state index contributed by atoms with van der Waals surface area (Å²) in [6.45, 7) is 8.72. The zero-order valence-corrected chi connectivity index (χ0v) is 30.2. The van der Waals surface area contributed by atoms with Crippen molar-refractivity contribution in [3.63, 3.8) is 0 Å². The number of ketones is 1. The van der Waals surface area contributed by atoms with Gasteiger partial charge >= 0.3 is 23.9 Å². The molecule has 268 valence electrons. The summed E-state index contributed by atoms with van der Waals surface area (Å²) in [5, 5.41) is 42.7. The number of aromatic carboxylic acids is 1. The average Bonchev–Trinajstić information content (AvgIpc) is 3.07. The number of esters is 3. The number of aromatic hydroxyl groups is 2. The number of methoxy groups -OCH3 is 2. The first kappa shape index (κ1) is 38.1. The van der Waals surface area contributed by atoms with E-state index < -0.39 is 46.8 Å². The lowest BCUT2D eigenvalue weighted by atomic mass is 9.87. The van der Waals surface area contributed by atoms with Crippen molar-refractivity contribution in [1.29, 1.82) is 0 Å². The molecule has 0 fully saturated rings. The summed E-state index contributed by atoms with van der Waals surface area (Å²) in [5.41, 5.74) is -2.30. The van der Waals surface area contributed by atoms with Crippen LogP contribution in [0, 0.1) is 34.6 Å². The van der Waals surface area contributed by atoms with Gasteiger partial charge in [0, 0.05) is 17.7 Å². The topological polar surface area (TPSA) is 212 Å². The van der Waals surface area contributed by atoms with E-state index in [-0.39, 0.29) is 72.2 Å². The van der Waals surface area contributed by atoms with E-state index in [0.29, 0.717) is 11.1 Å². The summed E-state index contributed by atoms with van der Waals surface area (Å²) in [4.78, 5) is 63.5. The Hall–Kier alpha value is -5.67. The standard InChI is InChI=1S/C36H33BrO14/c1-14-11-20(38)12-25(48-8)36(14,46)35(45)51-31-18(5)17(4)27(30(40)28(31)37)34(44)49-22-10-9-21(29(39)19(22)6)33(43)50-23-13-24(47-7)26(32(41)42)16(3)15(23)2/h9-13,39-40,46H,1-8H3,(H,41,42)/t36-/m1/s1. The van der Waals surface area contributed by atoms with Crippen molar-refractivity contribution in [2.45, 2.75) is 47.1 Å². The zero-order valence-electron chi connectivity index (χ0n) is 28.6. The first-order valence-corrected chi connectivity index (χ1v) is 15.7. The molecule has 0 amide bonds. The molecule has 14 nitrogen and oxygen atoms in total. The largest absolute Gasteiger partial charge is 0.507 e. The van der Waals surface area contributed by atoms with Gasteiger partial charge in [-0.05, 0) is 104 Å². The average molecular weight is 770 g/mol. The van der Waals surface area contributed by atoms with Gasteiger partial charge in [-0.1, -0.05) is 0 Å². The van der Waals surface area contributed by atoms with E-state index in [0.717, 1.165) is 25.3 Å². The Kier molecular flexibility index (Phi) is 10.7. The number of rotatable bonds is 9. The molecule has 0 saturated heterocycles. The van der Waals surface area contributed by atoms with E-state index >= 15 is 0 Å². The van der Waals surface area contributed by atoms with Crippen LogP contribution >= 0.6 is 15.9 Å². The lowest BCUT2D eigenvalue weighted by Gasteiger charge is -2.30. The Morgan fingerprint density at radius 1 is 0.706 bits per heavy atom. The molecule has 51 heavy (non-hydrogen) atoms. The maximum Gasteiger partial charge on any atom is 0.356 e. The molecule has 3 aromatic carbocycles. The molecule has 0 bridgehead atoms. The SMILES string of the molecule is COC1=CC(=O)C=C(C)[C@]1(O)C(=O)Oc1c(C)c(C)c(C(=O)Oc2ccc(C(=O)Oc3cc(OC)c(C(=O)O)c(C)c3C)c(O)c2C)c(O)c1Br. The van der Waals surface area contributed by atoms with Gasteiger partial charge in [-0.15, -0.1) is 0 Å². The fraction of sp³-hybridized carbons (Fsp3) is 0.250. The number of halogens is 1. The number of benzene rings is 3. The number of aliphatic hydroxyl groups is 1. The molecule has 0 heterocycles. The van der Waals surface area contributed by atoms with Crippen LogP contribution in [-0.4, -0.2) is 69.9 Å². The van der Waals surface area contributed by atoms with E-state index in [1.807, 2.05) is 0 Å². The van der Waals surface area contributed by atoms with Crippen molar-refractivity contribution in [2.75, 3.05) is 14.2 Å². The number of phenols is 2. The summed E-state index contributed by atoms with van der Waals surface area (Å²) in [6.07, 6.45) is 1.98. The quantitative estimate of drug-likeness (QED) is 0.162. The lowest BCUT2D eigenvalue weighted by molar-refractivity contribution is -0.151. The number of allylic oxidation sites excluding steroid dienone is 2. The van der Waals surface area contributed by atoms with Crippen LogP contribution in [0.2, 0.25) is 0 Å². The van der Waals surface area contributed by atoms with Crippen molar-refractivity contribution in [3.8, 4) is 34.5 Å². The Bertz CT molecular complexity index is 2080. The molecular weight excluding hydrogens is 736 g/mol. The summed E-state index contributed by atoms with van der Waals surface area (Å²) in [5.74, 6) is -7.13. The van der Waals surface area contributed by atoms with Crippen LogP contribution in [0.25, 0.3) is 0 Å². The van der Waals surface area contributed by atoms with Gasteiger partial charge in [-0.2, -0.15) is 0 Å². The van der Waals surface area contributed by atoms with E-state index in [4.69, 9.17) is 23.7 Å². The zero-order chi connectivity index (χ0) is 38.3. The highest BCUT2D eigenvalue weighted by Crippen LogP contribution is 2.44. The molecule has 1 aliphatic carbocycles. The fourth-order valence-electron chi connectivity index (χ4n) is 5.36. The third-order valence-electron chi connectivity index (χ3n) is 8.65. The number of hydrogen-bond donors (Lipinski definition) is 4. The summed E-state index contributed by atoms with van der Waals surface area (Å²) >= 11 is 3.15. The van der Waals surface area contributed by atoms with Crippen molar-refractivity contribution >= 4 is 45.6 Å². The van der Waals surface area contributed by atoms with Crippen LogP contribution in [0.15, 0.2) is 46.2 Å². The number of carboxylic acid groups (broad SMARTS) is 1. The van der Waals surface area contributed by atoms with Crippen molar-refractivity contribution in [2.24, 2.45) is 0 Å². The highest BCUT2D eigenvalue weighted by molar-refractivity contribution is 9.10. The van der Waals surface area contributed by atoms with Gasteiger partial charge < -0.3 is 44.1 Å². The van der Waals surface area contributed by atoms with E-state index in [1.165, 1.54) is 53.9 Å². The van der Waals surface area contributed by atoms with Crippen molar-refractivity contribution in [3.05, 3.63) is 90.7 Å². The smallest absolute Gasteiger partial charge is 0.356 e. The number of carbonyl (C=O) groups is 5. The molecule has 4 rings (SSSR count). The molecular formula is C36H33BrO14. The van der Waals surface area contributed by atoms with Gasteiger partial charge in [0.15, 0.2) is 11.5 Å². The molecule has 0 aliphatic heterocycles. The van der Waals surface area contributed by atoms with Crippen LogP contribution in [0.4, 0.5) is 0 Å². The normalized spacial score (nSPS) is 15.4. The predicted molar refractivity (Wildman–Crippen MR) is 182 cm³/mol. The minimum absolute atomic E-state index is 0.00173. The first-order chi connectivity index (χ1) is 23.8. The minimum atomic E-state index is -2.45. The molecule has 4 N–H and O–H groups in total. The van der Waals surface area contributed by atoms with Crippen LogP contribution in [-0.2, 0) is 14.3 Å². The summed E-state index contributed by atoms with van der Waals surface area (Å²) in [6, 6.07) is 3.63. The van der Waals surface area contributed by atoms with Gasteiger partial charge in [-0.25, -0.2) is 19.2 Å². The van der Waals surface area contributed by atoms with E-state index in [9.17, 15) is 44.4 Å². The highest BCUT2D eigenvalue weighted by Gasteiger charge is 2.48. The van der Waals surface area contributed by atoms with Gasteiger partial charge in [0.2, 0.25) is 5.60 Å². The van der Waals surface area contributed by atoms with Gasteiger partial charge in [0.05, 0.1) is 14.2 Å². The number of phenolic OH excluding ortho intramolecular Hbond substituents is 2. The summed E-state index contributed by atoms with van der Waals surface area (Å²) in [7, 11) is 2.43. The Labute approximate surface area is 299 Å². The second-order valence-electron chi connectivity index (χ2n) is 11.5. The van der Waals surface area contributed by atoms with Crippen LogP contribution in [0.3, 0.4) is 0 Å². The molecule has 1 aliphatic rings. The molecule has 0 aromatic heterocycles. The predicted octanol–water partition coefficient (Wildman–Crippen LogP) is 5.24. The van der Waals surface area contributed by atoms with E-state index in [2.05, 4.69) is 15.9 Å². The van der Waals surface area contributed by atoms with Crippen LogP contribution in [0.1, 0.15) is 65.8 Å². The number of hydrogen-bond acceptors (Lipinski definition) is 13. The maximum absolute atomic E-state index is 13.4. The molecule has 0 radical (unpaired) electrons. The first-order valence-electron chi connectivity index (χ1n) is 14.9. The molecule has 0 spiro atoms. The van der Waals surface area contributed by atoms with Crippen molar-refractivity contribution < 1.29 is 68.1 Å². The van der Waals surface area contributed by atoms with Crippen LogP contribution < -0.4 is 18.9 Å². The highest BCUT2D eigenvalue weighted by atomic mass is 79.9. The van der Waals surface area contributed by atoms with Gasteiger partial charge in [0.1, 0.15) is 55.7 Å². The Balaban J connectivity index is 1.62. The second-order valence-corrected chi connectivity index (χ2v) is 12.3. The minimum Gasteiger partial charge on any atom is -0.507 e. The number of carboxylic acids is 1. The molecule has 3 aromatic rings. The third kappa shape index (κ3) is 6.65. The second kappa shape index (κ2) is 14.3. The van der Waals surface area contributed by atoms with Crippen molar-refractivity contribution in [1.82, 2.24) is 0 Å². The van der Waals surface area contributed by atoms with Gasteiger partial charge in [0.25, 0.3) is 0 Å². The number of carbonyl (C=O) groups excluding carboxylic acids is 4. The molecule has 15 heteroatoms. The Morgan fingerprint density at radius 3 is 1.90 bits per heavy atom. The fourth-order valence-corrected chi connectivity index (χ4v) is 5.94. The maximum atomic E-state index is 13.4. The molecule has 0 unspecified atom stereocenters. The monoisotopic (exact) mass is 768 g/mol. The Morgan fingerprint density at radius 2 is 1.31 bits per heavy atom. The molecule has 1 atom stereocenters. The molecule has 0 saturated carbocycles. The van der Waals surface area contributed by atoms with E-state index in [1.54, 1.807) is 6.92 Å². The summed E-state index contributed by atoms with van der Waals surface area (Å²) < 4.78 is 26.5. The third-order valence-corrected chi connectivity index (χ3v) is 9.39. The lowest BCUT2D eigenvalue weighted by Crippen LogP contribution is -2.47. The van der Waals surface area contributed by atoms with Gasteiger partial charge in [-0.3, -0.25) is 4.79 Å². The number of ether oxygens (including phenoxy) is 5.